The van der Waals surface area contributed by atoms with Crippen LogP contribution in [0.3, 0.4) is 0 Å². The summed E-state index contributed by atoms with van der Waals surface area (Å²) in [6.45, 7) is 5.12. The highest BCUT2D eigenvalue weighted by atomic mass is 16.5. The van der Waals surface area contributed by atoms with Crippen molar-refractivity contribution in [2.45, 2.75) is 39.2 Å². The molecule has 118 valence electrons. The molecule has 21 heavy (non-hydrogen) atoms. The van der Waals surface area contributed by atoms with Gasteiger partial charge in [-0.2, -0.15) is 0 Å². The number of nitrogens with one attached hydrogen (secondary N) is 2. The van der Waals surface area contributed by atoms with Gasteiger partial charge in [0.15, 0.2) is 0 Å². The van der Waals surface area contributed by atoms with Gasteiger partial charge in [-0.15, -0.1) is 0 Å². The SMILES string of the molecule is CCOC(=O)CCNC(=O)CN1C(=O)NC(C)(CC)C1=O. The molecule has 1 unspecified atom stereocenters. The summed E-state index contributed by atoms with van der Waals surface area (Å²) in [5.41, 5.74) is -0.956. The number of imide groups is 1. The molecule has 0 aromatic rings. The van der Waals surface area contributed by atoms with E-state index in [2.05, 4.69) is 10.6 Å². The van der Waals surface area contributed by atoms with Crippen LogP contribution < -0.4 is 10.6 Å². The minimum absolute atomic E-state index is 0.0480. The van der Waals surface area contributed by atoms with Gasteiger partial charge in [-0.05, 0) is 20.3 Å². The van der Waals surface area contributed by atoms with Gasteiger partial charge >= 0.3 is 12.0 Å². The maximum Gasteiger partial charge on any atom is 0.325 e. The van der Waals surface area contributed by atoms with Crippen molar-refractivity contribution in [2.24, 2.45) is 0 Å². The van der Waals surface area contributed by atoms with Crippen molar-refractivity contribution in [3.63, 3.8) is 0 Å². The molecule has 1 fully saturated rings. The Hall–Kier alpha value is -2.12. The summed E-state index contributed by atoms with van der Waals surface area (Å²) in [6.07, 6.45) is 0.491. The van der Waals surface area contributed by atoms with E-state index in [-0.39, 0.29) is 26.1 Å². The highest BCUT2D eigenvalue weighted by Crippen LogP contribution is 2.20. The Balaban J connectivity index is 2.43. The van der Waals surface area contributed by atoms with E-state index in [0.717, 1.165) is 4.90 Å². The number of ether oxygens (including phenoxy) is 1. The Morgan fingerprint density at radius 1 is 1.33 bits per heavy atom. The van der Waals surface area contributed by atoms with Crippen molar-refractivity contribution >= 4 is 23.8 Å². The van der Waals surface area contributed by atoms with Crippen LogP contribution in [0.4, 0.5) is 4.79 Å². The first-order valence-corrected chi connectivity index (χ1v) is 6.90. The number of carbonyl (C=O) groups is 4. The van der Waals surface area contributed by atoms with Gasteiger partial charge in [-0.3, -0.25) is 19.3 Å². The normalized spacial score (nSPS) is 21.2. The summed E-state index contributed by atoms with van der Waals surface area (Å²) in [4.78, 5) is 47.4. The summed E-state index contributed by atoms with van der Waals surface area (Å²) < 4.78 is 4.71. The lowest BCUT2D eigenvalue weighted by Gasteiger charge is -2.19. The van der Waals surface area contributed by atoms with E-state index in [0.29, 0.717) is 6.42 Å². The van der Waals surface area contributed by atoms with E-state index in [1.165, 1.54) is 0 Å². The topological polar surface area (TPSA) is 105 Å². The number of rotatable bonds is 7. The second-order valence-corrected chi connectivity index (χ2v) is 4.91. The Morgan fingerprint density at radius 2 is 2.00 bits per heavy atom. The summed E-state index contributed by atoms with van der Waals surface area (Å²) >= 11 is 0. The van der Waals surface area contributed by atoms with Gasteiger partial charge in [0.25, 0.3) is 5.91 Å². The van der Waals surface area contributed by atoms with E-state index in [4.69, 9.17) is 4.74 Å². The fourth-order valence-corrected chi connectivity index (χ4v) is 1.87. The number of nitrogens with zero attached hydrogens (tertiary/aromatic N) is 1. The van der Waals surface area contributed by atoms with Crippen LogP contribution in [0.15, 0.2) is 0 Å². The Bertz CT molecular complexity index is 451. The predicted molar refractivity (Wildman–Crippen MR) is 73.2 cm³/mol. The Kier molecular flexibility index (Phi) is 5.69. The van der Waals surface area contributed by atoms with Gasteiger partial charge in [0.1, 0.15) is 12.1 Å². The quantitative estimate of drug-likeness (QED) is 0.499. The second-order valence-electron chi connectivity index (χ2n) is 4.91. The van der Waals surface area contributed by atoms with E-state index in [1.807, 2.05) is 0 Å². The van der Waals surface area contributed by atoms with Crippen LogP contribution in [0.2, 0.25) is 0 Å². The molecule has 8 nitrogen and oxygen atoms in total. The largest absolute Gasteiger partial charge is 0.466 e. The van der Waals surface area contributed by atoms with Gasteiger partial charge in [0.05, 0.1) is 13.0 Å². The molecule has 0 radical (unpaired) electrons. The zero-order chi connectivity index (χ0) is 16.0. The van der Waals surface area contributed by atoms with Gasteiger partial charge in [0, 0.05) is 6.54 Å². The Labute approximate surface area is 123 Å². The summed E-state index contributed by atoms with van der Waals surface area (Å²) in [5, 5.41) is 5.03. The fraction of sp³-hybridized carbons (Fsp3) is 0.692. The molecular formula is C13H21N3O5. The molecular weight excluding hydrogens is 278 g/mol. The second kappa shape index (κ2) is 7.05. The molecule has 1 rings (SSSR count). The molecule has 1 aliphatic heterocycles. The zero-order valence-corrected chi connectivity index (χ0v) is 12.5. The first-order valence-electron chi connectivity index (χ1n) is 6.90. The molecule has 1 atom stereocenters. The van der Waals surface area contributed by atoms with Crippen LogP contribution in [0, 0.1) is 0 Å². The van der Waals surface area contributed by atoms with E-state index >= 15 is 0 Å². The third kappa shape index (κ3) is 4.17. The molecule has 1 aliphatic rings. The van der Waals surface area contributed by atoms with Crippen molar-refractivity contribution in [1.29, 1.82) is 0 Å². The number of amides is 4. The first kappa shape index (κ1) is 16.9. The molecule has 0 aromatic heterocycles. The van der Waals surface area contributed by atoms with E-state index in [9.17, 15) is 19.2 Å². The molecule has 0 saturated carbocycles. The molecule has 1 saturated heterocycles. The van der Waals surface area contributed by atoms with Gasteiger partial charge in [0.2, 0.25) is 5.91 Å². The van der Waals surface area contributed by atoms with Crippen molar-refractivity contribution < 1.29 is 23.9 Å². The summed E-state index contributed by atoms with van der Waals surface area (Å²) in [7, 11) is 0. The number of carbonyl (C=O) groups excluding carboxylic acids is 4. The van der Waals surface area contributed by atoms with Crippen LogP contribution in [-0.2, 0) is 19.1 Å². The minimum atomic E-state index is -0.956. The third-order valence-electron chi connectivity index (χ3n) is 3.31. The van der Waals surface area contributed by atoms with E-state index < -0.39 is 29.4 Å². The van der Waals surface area contributed by atoms with Crippen LogP contribution in [-0.4, -0.2) is 54.0 Å². The van der Waals surface area contributed by atoms with Crippen molar-refractivity contribution in [3.8, 4) is 0 Å². The predicted octanol–water partition coefficient (Wildman–Crippen LogP) is -0.224. The average molecular weight is 299 g/mol. The lowest BCUT2D eigenvalue weighted by Crippen LogP contribution is -2.44. The third-order valence-corrected chi connectivity index (χ3v) is 3.31. The standard InChI is InChI=1S/C13H21N3O5/c1-4-13(3)11(19)16(12(20)15-13)8-9(17)14-7-6-10(18)21-5-2/h4-8H2,1-3H3,(H,14,17)(H,15,20). The Morgan fingerprint density at radius 3 is 2.52 bits per heavy atom. The monoisotopic (exact) mass is 299 g/mol. The van der Waals surface area contributed by atoms with Crippen LogP contribution in [0.5, 0.6) is 0 Å². The lowest BCUT2D eigenvalue weighted by atomic mass is 9.99. The van der Waals surface area contributed by atoms with Crippen LogP contribution >= 0.6 is 0 Å². The first-order chi connectivity index (χ1) is 9.84. The molecule has 0 aromatic carbocycles. The number of hydrogen-bond donors (Lipinski definition) is 2. The number of esters is 1. The summed E-state index contributed by atoms with van der Waals surface area (Å²) in [5.74, 6) is -1.33. The van der Waals surface area contributed by atoms with Gasteiger partial charge < -0.3 is 15.4 Å². The maximum atomic E-state index is 12.1. The average Bonchev–Trinajstić information content (AvgIpc) is 2.63. The van der Waals surface area contributed by atoms with Gasteiger partial charge in [-0.25, -0.2) is 4.79 Å². The van der Waals surface area contributed by atoms with Crippen molar-refractivity contribution in [1.82, 2.24) is 15.5 Å². The highest BCUT2D eigenvalue weighted by Gasteiger charge is 2.46. The molecule has 0 bridgehead atoms. The van der Waals surface area contributed by atoms with Crippen molar-refractivity contribution in [3.05, 3.63) is 0 Å². The number of urea groups is 1. The van der Waals surface area contributed by atoms with Gasteiger partial charge in [-0.1, -0.05) is 6.92 Å². The summed E-state index contributed by atoms with van der Waals surface area (Å²) in [6, 6.07) is -0.579. The zero-order valence-electron chi connectivity index (χ0n) is 12.5. The molecule has 8 heteroatoms. The highest BCUT2D eigenvalue weighted by molar-refractivity contribution is 6.08. The fourth-order valence-electron chi connectivity index (χ4n) is 1.87. The molecule has 0 spiro atoms. The molecule has 2 N–H and O–H groups in total. The van der Waals surface area contributed by atoms with Crippen molar-refractivity contribution in [2.75, 3.05) is 19.7 Å². The molecule has 4 amide bonds. The number of hydrogen-bond acceptors (Lipinski definition) is 5. The minimum Gasteiger partial charge on any atom is -0.466 e. The van der Waals surface area contributed by atoms with Crippen LogP contribution in [0.1, 0.15) is 33.6 Å². The molecule has 1 heterocycles. The van der Waals surface area contributed by atoms with E-state index in [1.54, 1.807) is 20.8 Å². The smallest absolute Gasteiger partial charge is 0.325 e. The maximum absolute atomic E-state index is 12.1. The van der Waals surface area contributed by atoms with Crippen LogP contribution in [0.25, 0.3) is 0 Å². The lowest BCUT2D eigenvalue weighted by molar-refractivity contribution is -0.143. The molecule has 0 aliphatic carbocycles.